The van der Waals surface area contributed by atoms with Crippen LogP contribution in [0.25, 0.3) is 12.2 Å². The van der Waals surface area contributed by atoms with E-state index in [4.69, 9.17) is 23.7 Å². The number of carboxylic acids is 2. The van der Waals surface area contributed by atoms with Crippen LogP contribution in [0.4, 0.5) is 0 Å². The minimum Gasteiger partial charge on any atom is -0.508 e. The smallest absolute Gasteiger partial charge is 0.331 e. The van der Waals surface area contributed by atoms with Gasteiger partial charge in [-0.15, -0.1) is 0 Å². The van der Waals surface area contributed by atoms with E-state index in [2.05, 4.69) is 0 Å². The second-order valence-corrected chi connectivity index (χ2v) is 12.4. The molecule has 1 fully saturated rings. The molecule has 0 aromatic heterocycles. The maximum atomic E-state index is 12.9. The van der Waals surface area contributed by atoms with Crippen molar-refractivity contribution in [3.05, 3.63) is 106 Å². The number of aliphatic carboxylic acids is 2. The minimum atomic E-state index is -1.23. The molecule has 13 heteroatoms. The monoisotopic (exact) mass is 728 g/mol. The maximum Gasteiger partial charge on any atom is 0.331 e. The zero-order chi connectivity index (χ0) is 38.4. The van der Waals surface area contributed by atoms with Crippen LogP contribution < -0.4 is 18.9 Å². The summed E-state index contributed by atoms with van der Waals surface area (Å²) in [5.74, 6) is -4.26. The number of methoxy groups -OCH3 is 4. The molecule has 0 amide bonds. The van der Waals surface area contributed by atoms with Gasteiger partial charge in [-0.3, -0.25) is 0 Å². The third-order valence-corrected chi connectivity index (χ3v) is 9.21. The molecule has 13 nitrogen and oxygen atoms in total. The van der Waals surface area contributed by atoms with Crippen molar-refractivity contribution in [2.45, 2.75) is 25.0 Å². The number of carbonyl (C=O) groups is 2. The van der Waals surface area contributed by atoms with Crippen LogP contribution in [-0.2, 0) is 14.3 Å². The summed E-state index contributed by atoms with van der Waals surface area (Å²) in [6.07, 6.45) is 0.796. The molecule has 0 spiro atoms. The lowest BCUT2D eigenvalue weighted by atomic mass is 9.75. The van der Waals surface area contributed by atoms with E-state index in [1.54, 1.807) is 48.5 Å². The van der Waals surface area contributed by atoms with Crippen molar-refractivity contribution in [3.63, 3.8) is 0 Å². The highest BCUT2D eigenvalue weighted by Gasteiger charge is 2.47. The highest BCUT2D eigenvalue weighted by atomic mass is 16.5. The summed E-state index contributed by atoms with van der Waals surface area (Å²) >= 11 is 0. The fraction of sp³-hybridized carbons (Fsp3) is 0.250. The fourth-order valence-corrected chi connectivity index (χ4v) is 6.60. The summed E-state index contributed by atoms with van der Waals surface area (Å²) in [6, 6.07) is 18.1. The van der Waals surface area contributed by atoms with Crippen molar-refractivity contribution in [1.29, 1.82) is 0 Å². The van der Waals surface area contributed by atoms with E-state index in [9.17, 15) is 40.2 Å². The molecule has 278 valence electrons. The van der Waals surface area contributed by atoms with E-state index in [0.29, 0.717) is 22.3 Å². The Bertz CT molecular complexity index is 1820. The van der Waals surface area contributed by atoms with Crippen molar-refractivity contribution in [1.82, 2.24) is 0 Å². The molecule has 4 unspecified atom stereocenters. The predicted molar refractivity (Wildman–Crippen MR) is 193 cm³/mol. The van der Waals surface area contributed by atoms with Crippen molar-refractivity contribution in [2.24, 2.45) is 11.8 Å². The van der Waals surface area contributed by atoms with Gasteiger partial charge in [0, 0.05) is 11.1 Å². The molecule has 1 aliphatic rings. The van der Waals surface area contributed by atoms with Gasteiger partial charge in [-0.05, 0) is 108 Å². The molecule has 4 aromatic carbocycles. The second-order valence-electron chi connectivity index (χ2n) is 12.4. The van der Waals surface area contributed by atoms with Crippen molar-refractivity contribution in [2.75, 3.05) is 28.4 Å². The van der Waals surface area contributed by atoms with Gasteiger partial charge in [0.05, 0.1) is 40.6 Å². The largest absolute Gasteiger partial charge is 0.508 e. The Morgan fingerprint density at radius 1 is 0.566 bits per heavy atom. The van der Waals surface area contributed by atoms with Crippen LogP contribution in [0.15, 0.2) is 83.9 Å². The first-order valence-corrected chi connectivity index (χ1v) is 16.4. The number of benzene rings is 4. The topological polar surface area (TPSA) is 202 Å². The Morgan fingerprint density at radius 2 is 0.868 bits per heavy atom. The van der Waals surface area contributed by atoms with Gasteiger partial charge in [0.15, 0.2) is 23.0 Å². The quantitative estimate of drug-likeness (QED) is 0.0750. The molecular weight excluding hydrogens is 688 g/mol. The van der Waals surface area contributed by atoms with Crippen LogP contribution in [0.1, 0.15) is 47.3 Å². The number of aromatic hydroxyl groups is 4. The lowest BCUT2D eigenvalue weighted by molar-refractivity contribution is -0.134. The van der Waals surface area contributed by atoms with Gasteiger partial charge in [-0.1, -0.05) is 24.3 Å². The molecule has 0 bridgehead atoms. The molecule has 53 heavy (non-hydrogen) atoms. The van der Waals surface area contributed by atoms with E-state index in [1.807, 2.05) is 0 Å². The average Bonchev–Trinajstić information content (AvgIpc) is 3.50. The normalized spacial score (nSPS) is 18.7. The van der Waals surface area contributed by atoms with Crippen LogP contribution >= 0.6 is 0 Å². The van der Waals surface area contributed by atoms with Gasteiger partial charge in [0.1, 0.15) is 11.5 Å². The maximum absolute atomic E-state index is 12.9. The molecule has 5 rings (SSSR count). The molecule has 1 aliphatic heterocycles. The fourth-order valence-electron chi connectivity index (χ4n) is 6.60. The van der Waals surface area contributed by atoms with Gasteiger partial charge >= 0.3 is 11.9 Å². The van der Waals surface area contributed by atoms with E-state index >= 15 is 0 Å². The van der Waals surface area contributed by atoms with Crippen LogP contribution in [-0.4, -0.2) is 71.0 Å². The molecule has 0 aliphatic carbocycles. The summed E-state index contributed by atoms with van der Waals surface area (Å²) in [5, 5.41) is 62.2. The molecule has 0 saturated carbocycles. The number of ether oxygens (including phenoxy) is 5. The number of hydrogen-bond acceptors (Lipinski definition) is 11. The molecule has 1 saturated heterocycles. The Morgan fingerprint density at radius 3 is 1.13 bits per heavy atom. The number of hydrogen-bond donors (Lipinski definition) is 6. The molecule has 4 atom stereocenters. The minimum absolute atomic E-state index is 0.00258. The first kappa shape index (κ1) is 37.9. The lowest BCUT2D eigenvalue weighted by Gasteiger charge is -2.26. The van der Waals surface area contributed by atoms with Crippen LogP contribution in [0.2, 0.25) is 0 Å². The van der Waals surface area contributed by atoms with Crippen molar-refractivity contribution < 1.29 is 63.9 Å². The Kier molecular flexibility index (Phi) is 11.7. The number of phenols is 4. The van der Waals surface area contributed by atoms with E-state index in [0.717, 1.165) is 0 Å². The molecule has 4 aromatic rings. The third-order valence-electron chi connectivity index (χ3n) is 9.21. The van der Waals surface area contributed by atoms with E-state index < -0.39 is 36.0 Å². The van der Waals surface area contributed by atoms with Crippen molar-refractivity contribution in [3.8, 4) is 46.0 Å². The number of carboxylic acid groups (broad SMARTS) is 2. The summed E-state index contributed by atoms with van der Waals surface area (Å²) in [7, 11) is 5.45. The lowest BCUT2D eigenvalue weighted by Crippen LogP contribution is -2.22. The average molecular weight is 729 g/mol. The van der Waals surface area contributed by atoms with Gasteiger partial charge in [-0.25, -0.2) is 9.59 Å². The predicted octanol–water partition coefficient (Wildman–Crippen LogP) is 6.71. The Hall–Kier alpha value is -6.34. The van der Waals surface area contributed by atoms with Crippen LogP contribution in [0.3, 0.4) is 0 Å². The first-order valence-electron chi connectivity index (χ1n) is 16.4. The van der Waals surface area contributed by atoms with E-state index in [1.165, 1.54) is 64.9 Å². The van der Waals surface area contributed by atoms with E-state index in [-0.39, 0.29) is 70.0 Å². The molecule has 1 heterocycles. The summed E-state index contributed by atoms with van der Waals surface area (Å²) in [6.45, 7) is 0. The van der Waals surface area contributed by atoms with Crippen molar-refractivity contribution >= 4 is 24.1 Å². The van der Waals surface area contributed by atoms with Gasteiger partial charge in [-0.2, -0.15) is 0 Å². The molecular formula is C40H40O13. The third kappa shape index (κ3) is 8.42. The Labute approximate surface area is 305 Å². The standard InChI is InChI=1S/C40H40O13/c1-49-31-17-23(18-32(50-2)35(31)43)37-29(15-25(39(45)46)13-21-5-9-27(41)10-6-21)30(16-26(40(47)48)14-22-7-11-28(42)12-8-22)38(53-37)24-19-33(51-3)36(44)34(20-24)52-4/h5-14,17-20,29-30,37-38,41-44H,15-16H2,1-4H3,(H,45,46)(H,47,48)/b25-13+,26-14+. The summed E-state index contributed by atoms with van der Waals surface area (Å²) in [4.78, 5) is 25.8. The highest BCUT2D eigenvalue weighted by molar-refractivity contribution is 5.93. The van der Waals surface area contributed by atoms with Crippen LogP contribution in [0.5, 0.6) is 46.0 Å². The van der Waals surface area contributed by atoms with Gasteiger partial charge in [0.25, 0.3) is 0 Å². The number of rotatable bonds is 14. The number of phenolic OH excluding ortho intramolecular Hbond substituents is 4. The highest BCUT2D eigenvalue weighted by Crippen LogP contribution is 2.56. The van der Waals surface area contributed by atoms with Crippen LogP contribution in [0, 0.1) is 11.8 Å². The molecule has 6 N–H and O–H groups in total. The zero-order valence-electron chi connectivity index (χ0n) is 29.3. The summed E-state index contributed by atoms with van der Waals surface area (Å²) in [5.41, 5.74) is 1.84. The Balaban J connectivity index is 1.75. The second kappa shape index (κ2) is 16.3. The SMILES string of the molecule is COc1cc(C2OC(c3cc(OC)c(O)c(OC)c3)C(C/C(=C\c3ccc(O)cc3)C(=O)O)C2C/C(=C\c2ccc(O)cc2)C(=O)O)cc(OC)c1O. The first-order chi connectivity index (χ1) is 25.4. The van der Waals surface area contributed by atoms with Gasteiger partial charge in [0.2, 0.25) is 11.5 Å². The van der Waals surface area contributed by atoms with Gasteiger partial charge < -0.3 is 54.3 Å². The summed E-state index contributed by atoms with van der Waals surface area (Å²) < 4.78 is 28.6. The zero-order valence-corrected chi connectivity index (χ0v) is 29.3. The molecule has 0 radical (unpaired) electrons.